The van der Waals surface area contributed by atoms with Gasteiger partial charge in [0.1, 0.15) is 0 Å². The summed E-state index contributed by atoms with van der Waals surface area (Å²) in [7, 11) is 0. The third kappa shape index (κ3) is 3.55. The number of benzene rings is 1. The van der Waals surface area contributed by atoms with Gasteiger partial charge in [0.2, 0.25) is 0 Å². The van der Waals surface area contributed by atoms with Crippen molar-refractivity contribution >= 4 is 0 Å². The van der Waals surface area contributed by atoms with Crippen molar-refractivity contribution in [3.8, 4) is 5.69 Å². The van der Waals surface area contributed by atoms with Crippen LogP contribution in [0.15, 0.2) is 54.2 Å². The van der Waals surface area contributed by atoms with E-state index < -0.39 is 0 Å². The zero-order valence-electron chi connectivity index (χ0n) is 11.8. The summed E-state index contributed by atoms with van der Waals surface area (Å²) in [5, 5.41) is 8.10. The fourth-order valence-corrected chi connectivity index (χ4v) is 2.03. The standard InChI is InChI=1S/C16H21N3/c1-4-17-16(12-13(2)3)15-10-11-19(18-15)14-8-6-5-7-9-14/h5-12,16-17H,4H2,1-3H3. The summed E-state index contributed by atoms with van der Waals surface area (Å²) in [6.45, 7) is 7.25. The monoisotopic (exact) mass is 255 g/mol. The van der Waals surface area contributed by atoms with E-state index in [1.807, 2.05) is 29.1 Å². The maximum atomic E-state index is 4.66. The minimum atomic E-state index is 0.181. The number of nitrogens with zero attached hydrogens (tertiary/aromatic N) is 2. The van der Waals surface area contributed by atoms with Crippen LogP contribution in [-0.2, 0) is 0 Å². The number of para-hydroxylation sites is 1. The lowest BCUT2D eigenvalue weighted by atomic mass is 10.1. The number of hydrogen-bond acceptors (Lipinski definition) is 2. The van der Waals surface area contributed by atoms with E-state index in [4.69, 9.17) is 0 Å². The van der Waals surface area contributed by atoms with Gasteiger partial charge in [-0.3, -0.25) is 0 Å². The van der Waals surface area contributed by atoms with Crippen molar-refractivity contribution in [3.63, 3.8) is 0 Å². The fourth-order valence-electron chi connectivity index (χ4n) is 2.03. The largest absolute Gasteiger partial charge is 0.306 e. The number of allylic oxidation sites excluding steroid dienone is 1. The summed E-state index contributed by atoms with van der Waals surface area (Å²) in [5.41, 5.74) is 3.42. The molecular formula is C16H21N3. The molecule has 3 heteroatoms. The first-order valence-corrected chi connectivity index (χ1v) is 6.70. The van der Waals surface area contributed by atoms with Gasteiger partial charge in [-0.2, -0.15) is 5.10 Å². The van der Waals surface area contributed by atoms with E-state index in [-0.39, 0.29) is 6.04 Å². The molecule has 0 bridgehead atoms. The third-order valence-electron chi connectivity index (χ3n) is 2.87. The Morgan fingerprint density at radius 2 is 2.00 bits per heavy atom. The van der Waals surface area contributed by atoms with Gasteiger partial charge in [0.15, 0.2) is 0 Å². The maximum Gasteiger partial charge on any atom is 0.0837 e. The zero-order valence-corrected chi connectivity index (χ0v) is 11.8. The summed E-state index contributed by atoms with van der Waals surface area (Å²) in [6.07, 6.45) is 4.22. The van der Waals surface area contributed by atoms with E-state index in [1.54, 1.807) is 0 Å². The van der Waals surface area contributed by atoms with Crippen molar-refractivity contribution in [2.75, 3.05) is 6.54 Å². The molecule has 100 valence electrons. The summed E-state index contributed by atoms with van der Waals surface area (Å²) in [5.74, 6) is 0. The smallest absolute Gasteiger partial charge is 0.0837 e. The predicted molar refractivity (Wildman–Crippen MR) is 79.4 cm³/mol. The van der Waals surface area contributed by atoms with Crippen molar-refractivity contribution in [2.24, 2.45) is 0 Å². The van der Waals surface area contributed by atoms with Crippen LogP contribution in [0.4, 0.5) is 0 Å². The Hall–Kier alpha value is -1.87. The fraction of sp³-hybridized carbons (Fsp3) is 0.312. The molecule has 1 aromatic heterocycles. The molecule has 1 atom stereocenters. The van der Waals surface area contributed by atoms with Crippen LogP contribution in [0.25, 0.3) is 5.69 Å². The molecule has 1 unspecified atom stereocenters. The minimum absolute atomic E-state index is 0.181. The minimum Gasteiger partial charge on any atom is -0.306 e. The zero-order chi connectivity index (χ0) is 13.7. The molecule has 2 rings (SSSR count). The van der Waals surface area contributed by atoms with Gasteiger partial charge in [-0.05, 0) is 38.6 Å². The quantitative estimate of drug-likeness (QED) is 0.829. The second-order valence-corrected chi connectivity index (χ2v) is 4.80. The molecule has 0 aliphatic carbocycles. The normalized spacial score (nSPS) is 12.2. The van der Waals surface area contributed by atoms with Gasteiger partial charge in [-0.15, -0.1) is 0 Å². The highest BCUT2D eigenvalue weighted by atomic mass is 15.3. The molecule has 1 heterocycles. The topological polar surface area (TPSA) is 29.9 Å². The summed E-state index contributed by atoms with van der Waals surface area (Å²) < 4.78 is 1.92. The summed E-state index contributed by atoms with van der Waals surface area (Å²) in [4.78, 5) is 0. The van der Waals surface area contributed by atoms with Gasteiger partial charge in [-0.25, -0.2) is 4.68 Å². The Labute approximate surface area is 115 Å². The molecule has 0 saturated heterocycles. The van der Waals surface area contributed by atoms with E-state index in [0.717, 1.165) is 17.9 Å². The van der Waals surface area contributed by atoms with Crippen LogP contribution in [0.3, 0.4) is 0 Å². The molecular weight excluding hydrogens is 234 g/mol. The molecule has 1 N–H and O–H groups in total. The maximum absolute atomic E-state index is 4.66. The van der Waals surface area contributed by atoms with Gasteiger partial charge in [0, 0.05) is 6.20 Å². The number of likely N-dealkylation sites (N-methyl/N-ethyl adjacent to an activating group) is 1. The van der Waals surface area contributed by atoms with Crippen molar-refractivity contribution in [1.82, 2.24) is 15.1 Å². The SMILES string of the molecule is CCNC(C=C(C)C)c1ccn(-c2ccccc2)n1. The Morgan fingerprint density at radius 3 is 2.63 bits per heavy atom. The number of hydrogen-bond donors (Lipinski definition) is 1. The Bertz CT molecular complexity index is 536. The number of aromatic nitrogens is 2. The third-order valence-corrected chi connectivity index (χ3v) is 2.87. The first-order chi connectivity index (χ1) is 9.20. The lowest BCUT2D eigenvalue weighted by Gasteiger charge is -2.11. The van der Waals surface area contributed by atoms with Crippen LogP contribution >= 0.6 is 0 Å². The van der Waals surface area contributed by atoms with E-state index in [9.17, 15) is 0 Å². The van der Waals surface area contributed by atoms with Crippen LogP contribution in [0.2, 0.25) is 0 Å². The van der Waals surface area contributed by atoms with E-state index in [1.165, 1.54) is 5.57 Å². The van der Waals surface area contributed by atoms with Gasteiger partial charge >= 0.3 is 0 Å². The second-order valence-electron chi connectivity index (χ2n) is 4.80. The van der Waals surface area contributed by atoms with E-state index >= 15 is 0 Å². The van der Waals surface area contributed by atoms with Gasteiger partial charge in [-0.1, -0.05) is 36.8 Å². The Balaban J connectivity index is 2.26. The molecule has 1 aromatic carbocycles. The molecule has 0 radical (unpaired) electrons. The molecule has 0 aliphatic rings. The van der Waals surface area contributed by atoms with Gasteiger partial charge in [0.25, 0.3) is 0 Å². The summed E-state index contributed by atoms with van der Waals surface area (Å²) >= 11 is 0. The summed E-state index contributed by atoms with van der Waals surface area (Å²) in [6, 6.07) is 12.4. The molecule has 0 spiro atoms. The highest BCUT2D eigenvalue weighted by Gasteiger charge is 2.10. The second kappa shape index (κ2) is 6.34. The molecule has 3 nitrogen and oxygen atoms in total. The van der Waals surface area contributed by atoms with Crippen LogP contribution in [0, 0.1) is 0 Å². The van der Waals surface area contributed by atoms with Crippen molar-refractivity contribution < 1.29 is 0 Å². The number of nitrogens with one attached hydrogen (secondary N) is 1. The van der Waals surface area contributed by atoms with Crippen LogP contribution in [-0.4, -0.2) is 16.3 Å². The number of rotatable bonds is 5. The highest BCUT2D eigenvalue weighted by Crippen LogP contribution is 2.16. The first kappa shape index (κ1) is 13.6. The van der Waals surface area contributed by atoms with Crippen LogP contribution < -0.4 is 5.32 Å². The van der Waals surface area contributed by atoms with Gasteiger partial charge < -0.3 is 5.32 Å². The Morgan fingerprint density at radius 1 is 1.26 bits per heavy atom. The lowest BCUT2D eigenvalue weighted by Crippen LogP contribution is -2.20. The van der Waals surface area contributed by atoms with Crippen LogP contribution in [0.1, 0.15) is 32.5 Å². The molecule has 0 fully saturated rings. The van der Waals surface area contributed by atoms with Gasteiger partial charge in [0.05, 0.1) is 17.4 Å². The van der Waals surface area contributed by atoms with Crippen molar-refractivity contribution in [3.05, 3.63) is 59.9 Å². The Kier molecular flexibility index (Phi) is 4.53. The van der Waals surface area contributed by atoms with Crippen molar-refractivity contribution in [1.29, 1.82) is 0 Å². The highest BCUT2D eigenvalue weighted by molar-refractivity contribution is 5.31. The van der Waals surface area contributed by atoms with E-state index in [0.29, 0.717) is 0 Å². The molecule has 2 aromatic rings. The molecule has 19 heavy (non-hydrogen) atoms. The lowest BCUT2D eigenvalue weighted by molar-refractivity contribution is 0.620. The van der Waals surface area contributed by atoms with Crippen LogP contribution in [0.5, 0.6) is 0 Å². The average molecular weight is 255 g/mol. The first-order valence-electron chi connectivity index (χ1n) is 6.70. The molecule has 0 saturated carbocycles. The van der Waals surface area contributed by atoms with E-state index in [2.05, 4.69) is 55.5 Å². The average Bonchev–Trinajstić information content (AvgIpc) is 2.88. The molecule has 0 amide bonds. The van der Waals surface area contributed by atoms with Crippen molar-refractivity contribution in [2.45, 2.75) is 26.8 Å². The molecule has 0 aliphatic heterocycles. The predicted octanol–water partition coefficient (Wildman–Crippen LogP) is 3.49.